The summed E-state index contributed by atoms with van der Waals surface area (Å²) in [5, 5.41) is 3.64. The molecular formula is C16H30N2O2. The van der Waals surface area contributed by atoms with Crippen LogP contribution < -0.4 is 5.32 Å². The lowest BCUT2D eigenvalue weighted by atomic mass is 9.78. The number of hydrogen-bond acceptors (Lipinski definition) is 3. The Kier molecular flexibility index (Phi) is 6.30. The Balaban J connectivity index is 1.69. The van der Waals surface area contributed by atoms with Crippen LogP contribution in [0.15, 0.2) is 0 Å². The fraction of sp³-hybridized carbons (Fsp3) is 0.938. The Morgan fingerprint density at radius 2 is 1.95 bits per heavy atom. The molecule has 2 fully saturated rings. The third-order valence-electron chi connectivity index (χ3n) is 4.78. The second-order valence-electron chi connectivity index (χ2n) is 6.50. The van der Waals surface area contributed by atoms with Crippen LogP contribution in [0.4, 0.5) is 0 Å². The Morgan fingerprint density at radius 1 is 1.25 bits per heavy atom. The minimum Gasteiger partial charge on any atom is -0.378 e. The molecule has 1 aliphatic carbocycles. The average Bonchev–Trinajstić information content (AvgIpc) is 2.48. The normalized spacial score (nSPS) is 27.9. The molecule has 20 heavy (non-hydrogen) atoms. The summed E-state index contributed by atoms with van der Waals surface area (Å²) in [4.78, 5) is 14.0. The van der Waals surface area contributed by atoms with E-state index >= 15 is 0 Å². The molecule has 0 radical (unpaired) electrons. The Labute approximate surface area is 123 Å². The Hall–Kier alpha value is -0.610. The van der Waals surface area contributed by atoms with E-state index in [2.05, 4.69) is 19.2 Å². The van der Waals surface area contributed by atoms with Gasteiger partial charge < -0.3 is 15.0 Å². The molecule has 0 spiro atoms. The monoisotopic (exact) mass is 282 g/mol. The summed E-state index contributed by atoms with van der Waals surface area (Å²) in [5.41, 5.74) is 0. The van der Waals surface area contributed by atoms with Crippen molar-refractivity contribution in [1.82, 2.24) is 10.2 Å². The first-order valence-corrected chi connectivity index (χ1v) is 8.27. The fourth-order valence-electron chi connectivity index (χ4n) is 3.55. The van der Waals surface area contributed by atoms with Crippen LogP contribution in [-0.4, -0.2) is 49.7 Å². The summed E-state index contributed by atoms with van der Waals surface area (Å²) >= 11 is 0. The molecule has 1 heterocycles. The molecule has 2 rings (SSSR count). The zero-order valence-corrected chi connectivity index (χ0v) is 13.1. The average molecular weight is 282 g/mol. The van der Waals surface area contributed by atoms with Gasteiger partial charge >= 0.3 is 0 Å². The van der Waals surface area contributed by atoms with Crippen molar-refractivity contribution in [3.05, 3.63) is 0 Å². The molecule has 2 aliphatic rings. The Morgan fingerprint density at radius 3 is 2.65 bits per heavy atom. The summed E-state index contributed by atoms with van der Waals surface area (Å²) in [5.74, 6) is 1.79. The second-order valence-corrected chi connectivity index (χ2v) is 6.50. The van der Waals surface area contributed by atoms with E-state index in [-0.39, 0.29) is 5.91 Å². The predicted molar refractivity (Wildman–Crippen MR) is 80.6 cm³/mol. The Bertz CT molecular complexity index is 301. The maximum Gasteiger partial charge on any atom is 0.224 e. The first-order valence-electron chi connectivity index (χ1n) is 8.27. The lowest BCUT2D eigenvalue weighted by Crippen LogP contribution is -2.44. The van der Waals surface area contributed by atoms with E-state index in [4.69, 9.17) is 4.74 Å². The van der Waals surface area contributed by atoms with Crippen molar-refractivity contribution in [3.63, 3.8) is 0 Å². The molecule has 1 N–H and O–H groups in total. The van der Waals surface area contributed by atoms with E-state index in [0.29, 0.717) is 25.7 Å². The van der Waals surface area contributed by atoms with Crippen LogP contribution in [0.2, 0.25) is 0 Å². The molecule has 1 amide bonds. The molecule has 2 atom stereocenters. The summed E-state index contributed by atoms with van der Waals surface area (Å²) in [6, 6.07) is 0.612. The third kappa shape index (κ3) is 4.45. The van der Waals surface area contributed by atoms with Crippen LogP contribution in [0.3, 0.4) is 0 Å². The fourth-order valence-corrected chi connectivity index (χ4v) is 3.55. The minimum atomic E-state index is 0.276. The van der Waals surface area contributed by atoms with Gasteiger partial charge in [-0.25, -0.2) is 0 Å². The van der Waals surface area contributed by atoms with E-state index in [1.165, 1.54) is 25.7 Å². The highest BCUT2D eigenvalue weighted by atomic mass is 16.5. The molecule has 1 saturated heterocycles. The predicted octanol–water partition coefficient (Wildman–Crippen LogP) is 2.04. The van der Waals surface area contributed by atoms with E-state index < -0.39 is 0 Å². The molecule has 0 bridgehead atoms. The van der Waals surface area contributed by atoms with Crippen LogP contribution >= 0.6 is 0 Å². The van der Waals surface area contributed by atoms with Crippen molar-refractivity contribution in [2.45, 2.75) is 52.0 Å². The molecule has 116 valence electrons. The zero-order valence-electron chi connectivity index (χ0n) is 13.1. The number of rotatable bonds is 5. The topological polar surface area (TPSA) is 41.6 Å². The smallest absolute Gasteiger partial charge is 0.224 e. The van der Waals surface area contributed by atoms with Crippen LogP contribution in [0.5, 0.6) is 0 Å². The van der Waals surface area contributed by atoms with Gasteiger partial charge in [-0.15, -0.1) is 0 Å². The minimum absolute atomic E-state index is 0.276. The van der Waals surface area contributed by atoms with Crippen LogP contribution in [0.25, 0.3) is 0 Å². The largest absolute Gasteiger partial charge is 0.378 e. The molecule has 2 unspecified atom stereocenters. The van der Waals surface area contributed by atoms with Crippen molar-refractivity contribution in [3.8, 4) is 0 Å². The van der Waals surface area contributed by atoms with Gasteiger partial charge in [0.1, 0.15) is 0 Å². The lowest BCUT2D eigenvalue weighted by molar-refractivity contribution is -0.135. The van der Waals surface area contributed by atoms with Gasteiger partial charge in [-0.05, 0) is 24.7 Å². The lowest BCUT2D eigenvalue weighted by Gasteiger charge is -2.35. The van der Waals surface area contributed by atoms with Crippen LogP contribution in [0, 0.1) is 11.8 Å². The second kappa shape index (κ2) is 7.99. The number of hydrogen-bond donors (Lipinski definition) is 1. The van der Waals surface area contributed by atoms with Crippen LogP contribution in [-0.2, 0) is 9.53 Å². The molecule has 0 aromatic carbocycles. The van der Waals surface area contributed by atoms with Gasteiger partial charge in [-0.3, -0.25) is 4.79 Å². The summed E-state index contributed by atoms with van der Waals surface area (Å²) in [7, 11) is 0. The molecule has 1 saturated carbocycles. The summed E-state index contributed by atoms with van der Waals surface area (Å²) < 4.78 is 5.28. The number of carbonyl (C=O) groups excluding carboxylic acids is 1. The number of amides is 1. The third-order valence-corrected chi connectivity index (χ3v) is 4.78. The maximum atomic E-state index is 12.1. The molecule has 0 aromatic heterocycles. The van der Waals surface area contributed by atoms with Crippen molar-refractivity contribution in [1.29, 1.82) is 0 Å². The van der Waals surface area contributed by atoms with E-state index in [1.54, 1.807) is 0 Å². The highest BCUT2D eigenvalue weighted by Gasteiger charge is 2.27. The van der Waals surface area contributed by atoms with E-state index in [9.17, 15) is 4.79 Å². The van der Waals surface area contributed by atoms with Crippen molar-refractivity contribution in [2.75, 3.05) is 32.8 Å². The quantitative estimate of drug-likeness (QED) is 0.839. The summed E-state index contributed by atoms with van der Waals surface area (Å²) in [6.45, 7) is 8.37. The first kappa shape index (κ1) is 15.8. The number of morpholine rings is 1. The number of nitrogens with one attached hydrogen (secondary N) is 1. The van der Waals surface area contributed by atoms with Gasteiger partial charge in [0.05, 0.1) is 13.2 Å². The van der Waals surface area contributed by atoms with Gasteiger partial charge in [-0.1, -0.05) is 26.7 Å². The maximum absolute atomic E-state index is 12.1. The molecular weight excluding hydrogens is 252 g/mol. The van der Waals surface area contributed by atoms with E-state index in [1.807, 2.05) is 4.90 Å². The number of carbonyl (C=O) groups is 1. The van der Waals surface area contributed by atoms with E-state index in [0.717, 1.165) is 31.5 Å². The van der Waals surface area contributed by atoms with Crippen molar-refractivity contribution >= 4 is 5.91 Å². The molecule has 0 aromatic rings. The van der Waals surface area contributed by atoms with Crippen LogP contribution in [0.1, 0.15) is 46.0 Å². The highest BCUT2D eigenvalue weighted by Crippen LogP contribution is 2.30. The van der Waals surface area contributed by atoms with Gasteiger partial charge in [0, 0.05) is 32.1 Å². The van der Waals surface area contributed by atoms with Gasteiger partial charge in [0.2, 0.25) is 5.91 Å². The van der Waals surface area contributed by atoms with Crippen molar-refractivity contribution < 1.29 is 9.53 Å². The number of nitrogens with zero attached hydrogens (tertiary/aromatic N) is 1. The molecule has 1 aliphatic heterocycles. The molecule has 4 heteroatoms. The zero-order chi connectivity index (χ0) is 14.4. The standard InChI is InChI=1S/C16H30N2O2/c1-13(2)14-5-3-4-6-15(14)17-8-7-16(19)18-9-11-20-12-10-18/h13-15,17H,3-12H2,1-2H3. The SMILES string of the molecule is CC(C)C1CCCCC1NCCC(=O)N1CCOCC1. The van der Waals surface area contributed by atoms with Gasteiger partial charge in [-0.2, -0.15) is 0 Å². The number of ether oxygens (including phenoxy) is 1. The van der Waals surface area contributed by atoms with Gasteiger partial charge in [0.15, 0.2) is 0 Å². The molecule has 4 nitrogen and oxygen atoms in total. The highest BCUT2D eigenvalue weighted by molar-refractivity contribution is 5.76. The van der Waals surface area contributed by atoms with Crippen molar-refractivity contribution in [2.24, 2.45) is 11.8 Å². The first-order chi connectivity index (χ1) is 9.68. The van der Waals surface area contributed by atoms with Gasteiger partial charge in [0.25, 0.3) is 0 Å². The summed E-state index contributed by atoms with van der Waals surface area (Å²) in [6.07, 6.45) is 5.94.